The molecule has 1 N–H and O–H groups in total. The largest absolute Gasteiger partial charge is 0.286 e. The van der Waals surface area contributed by atoms with Crippen molar-refractivity contribution in [1.82, 2.24) is 0 Å². The van der Waals surface area contributed by atoms with Gasteiger partial charge in [0.1, 0.15) is 0 Å². The first-order valence-electron chi connectivity index (χ1n) is 6.04. The van der Waals surface area contributed by atoms with Crippen LogP contribution in [0.2, 0.25) is 0 Å². The van der Waals surface area contributed by atoms with E-state index in [1.165, 1.54) is 18.2 Å². The molecule has 0 unspecified atom stereocenters. The fourth-order valence-electron chi connectivity index (χ4n) is 1.74. The highest BCUT2D eigenvalue weighted by molar-refractivity contribution is 7.86. The molecule has 0 amide bonds. The Bertz CT molecular complexity index is 754. The molecular formula is C11H15NO8S2. The molecule has 0 aromatic heterocycles. The van der Waals surface area contributed by atoms with Gasteiger partial charge in [0.25, 0.3) is 25.9 Å². The molecule has 22 heavy (non-hydrogen) atoms. The van der Waals surface area contributed by atoms with Crippen molar-refractivity contribution >= 4 is 25.9 Å². The zero-order valence-electron chi connectivity index (χ0n) is 11.6. The Kier molecular flexibility index (Phi) is 6.00. The number of nitro benzene ring substituents is 1. The third kappa shape index (κ3) is 6.93. The van der Waals surface area contributed by atoms with Gasteiger partial charge in [-0.2, -0.15) is 16.8 Å². The normalized spacial score (nSPS) is 12.3. The molecule has 11 heteroatoms. The van der Waals surface area contributed by atoms with E-state index in [4.69, 9.17) is 4.55 Å². The maximum atomic E-state index is 10.9. The molecule has 0 bridgehead atoms. The van der Waals surface area contributed by atoms with Crippen LogP contribution in [0.25, 0.3) is 0 Å². The van der Waals surface area contributed by atoms with Gasteiger partial charge in [-0.3, -0.25) is 18.9 Å². The number of benzene rings is 1. The van der Waals surface area contributed by atoms with E-state index in [2.05, 4.69) is 4.18 Å². The summed E-state index contributed by atoms with van der Waals surface area (Å²) < 4.78 is 56.7. The summed E-state index contributed by atoms with van der Waals surface area (Å²) in [5, 5.41) is 10.8. The van der Waals surface area contributed by atoms with Crippen molar-refractivity contribution < 1.29 is 30.5 Å². The standard InChI is InChI=1S/C11H15NO8S2/c1-21(15,16)20-6-4-10-8-11(12(13)14)3-2-9(10)5-7-22(17,18)19/h2-3,8H,4-7H2,1H3,(H,17,18,19). The van der Waals surface area contributed by atoms with Gasteiger partial charge in [0.05, 0.1) is 23.5 Å². The van der Waals surface area contributed by atoms with Crippen molar-refractivity contribution in [3.05, 3.63) is 39.4 Å². The quantitative estimate of drug-likeness (QED) is 0.309. The number of hydrogen-bond acceptors (Lipinski definition) is 7. The molecule has 124 valence electrons. The zero-order chi connectivity index (χ0) is 17.0. The highest BCUT2D eigenvalue weighted by atomic mass is 32.2. The first-order valence-corrected chi connectivity index (χ1v) is 9.46. The second kappa shape index (κ2) is 7.13. The van der Waals surface area contributed by atoms with E-state index >= 15 is 0 Å². The lowest BCUT2D eigenvalue weighted by molar-refractivity contribution is -0.384. The van der Waals surface area contributed by atoms with Crippen LogP contribution in [-0.2, 0) is 37.3 Å². The van der Waals surface area contributed by atoms with Crippen LogP contribution in [0, 0.1) is 10.1 Å². The molecule has 0 aliphatic carbocycles. The molecule has 0 heterocycles. The minimum atomic E-state index is -4.17. The van der Waals surface area contributed by atoms with Crippen molar-refractivity contribution in [2.45, 2.75) is 12.8 Å². The van der Waals surface area contributed by atoms with Gasteiger partial charge in [-0.1, -0.05) is 6.07 Å². The molecule has 0 saturated heterocycles. The van der Waals surface area contributed by atoms with Crippen molar-refractivity contribution in [2.24, 2.45) is 0 Å². The average Bonchev–Trinajstić information content (AvgIpc) is 2.34. The molecule has 0 aliphatic heterocycles. The number of nitrogens with zero attached hydrogens (tertiary/aromatic N) is 1. The summed E-state index contributed by atoms with van der Waals surface area (Å²) in [6.07, 6.45) is 0.875. The second-order valence-electron chi connectivity index (χ2n) is 4.52. The molecule has 0 atom stereocenters. The summed E-state index contributed by atoms with van der Waals surface area (Å²) in [6, 6.07) is 3.81. The fourth-order valence-corrected chi connectivity index (χ4v) is 2.61. The lowest BCUT2D eigenvalue weighted by Crippen LogP contribution is -2.11. The Labute approximate surface area is 127 Å². The van der Waals surface area contributed by atoms with E-state index in [1.54, 1.807) is 0 Å². The molecular weight excluding hydrogens is 338 g/mol. The van der Waals surface area contributed by atoms with E-state index in [9.17, 15) is 26.9 Å². The lowest BCUT2D eigenvalue weighted by atomic mass is 10.0. The van der Waals surface area contributed by atoms with Gasteiger partial charge in [-0.25, -0.2) is 0 Å². The van der Waals surface area contributed by atoms with Crippen LogP contribution in [-0.4, -0.2) is 44.9 Å². The fraction of sp³-hybridized carbons (Fsp3) is 0.455. The summed E-state index contributed by atoms with van der Waals surface area (Å²) in [6.45, 7) is -0.223. The summed E-state index contributed by atoms with van der Waals surface area (Å²) in [4.78, 5) is 10.1. The lowest BCUT2D eigenvalue weighted by Gasteiger charge is -2.09. The van der Waals surface area contributed by atoms with E-state index in [0.29, 0.717) is 11.1 Å². The third-order valence-electron chi connectivity index (χ3n) is 2.70. The van der Waals surface area contributed by atoms with Crippen LogP contribution in [0.15, 0.2) is 18.2 Å². The molecule has 0 aliphatic rings. The Morgan fingerprint density at radius 2 is 1.82 bits per heavy atom. The Hall–Kier alpha value is -1.56. The summed E-state index contributed by atoms with van der Waals surface area (Å²) >= 11 is 0. The van der Waals surface area contributed by atoms with E-state index in [-0.39, 0.29) is 25.1 Å². The maximum Gasteiger partial charge on any atom is 0.269 e. The van der Waals surface area contributed by atoms with Gasteiger partial charge < -0.3 is 0 Å². The van der Waals surface area contributed by atoms with Crippen molar-refractivity contribution in [3.8, 4) is 0 Å². The maximum absolute atomic E-state index is 10.9. The molecule has 1 rings (SSSR count). The van der Waals surface area contributed by atoms with Gasteiger partial charge >= 0.3 is 0 Å². The Morgan fingerprint density at radius 1 is 1.18 bits per heavy atom. The average molecular weight is 353 g/mol. The predicted octanol–water partition coefficient (Wildman–Crippen LogP) is 0.544. The van der Waals surface area contributed by atoms with Crippen LogP contribution in [0.3, 0.4) is 0 Å². The van der Waals surface area contributed by atoms with Gasteiger partial charge in [0.2, 0.25) is 0 Å². The minimum Gasteiger partial charge on any atom is -0.286 e. The van der Waals surface area contributed by atoms with Gasteiger partial charge in [0.15, 0.2) is 0 Å². The summed E-state index contributed by atoms with van der Waals surface area (Å²) in [7, 11) is -7.81. The highest BCUT2D eigenvalue weighted by Crippen LogP contribution is 2.19. The third-order valence-corrected chi connectivity index (χ3v) is 4.01. The van der Waals surface area contributed by atoms with E-state index < -0.39 is 30.9 Å². The molecule has 0 spiro atoms. The summed E-state index contributed by atoms with van der Waals surface area (Å²) in [5.41, 5.74) is 0.645. The second-order valence-corrected chi connectivity index (χ2v) is 7.74. The number of hydrogen-bond donors (Lipinski definition) is 1. The molecule has 0 radical (unpaired) electrons. The smallest absolute Gasteiger partial charge is 0.269 e. The monoisotopic (exact) mass is 353 g/mol. The molecule has 0 saturated carbocycles. The van der Waals surface area contributed by atoms with Crippen LogP contribution in [0.1, 0.15) is 11.1 Å². The number of nitro groups is 1. The Balaban J connectivity index is 2.96. The van der Waals surface area contributed by atoms with Crippen LogP contribution in [0.4, 0.5) is 5.69 Å². The Morgan fingerprint density at radius 3 is 2.32 bits per heavy atom. The van der Waals surface area contributed by atoms with Gasteiger partial charge in [-0.15, -0.1) is 0 Å². The van der Waals surface area contributed by atoms with Gasteiger partial charge in [0, 0.05) is 12.1 Å². The molecule has 1 aromatic rings. The van der Waals surface area contributed by atoms with Crippen molar-refractivity contribution in [1.29, 1.82) is 0 Å². The van der Waals surface area contributed by atoms with Gasteiger partial charge in [-0.05, 0) is 24.0 Å². The topological polar surface area (TPSA) is 141 Å². The van der Waals surface area contributed by atoms with Crippen molar-refractivity contribution in [2.75, 3.05) is 18.6 Å². The number of aryl methyl sites for hydroxylation is 1. The molecule has 9 nitrogen and oxygen atoms in total. The SMILES string of the molecule is CS(=O)(=O)OCCc1cc([N+](=O)[O-])ccc1CCS(=O)(=O)O. The first-order chi connectivity index (χ1) is 9.98. The predicted molar refractivity (Wildman–Crippen MR) is 77.7 cm³/mol. The number of rotatable bonds is 8. The summed E-state index contributed by atoms with van der Waals surface area (Å²) in [5.74, 6) is -0.537. The zero-order valence-corrected chi connectivity index (χ0v) is 13.3. The van der Waals surface area contributed by atoms with Crippen molar-refractivity contribution in [3.63, 3.8) is 0 Å². The van der Waals surface area contributed by atoms with Crippen LogP contribution < -0.4 is 0 Å². The molecule has 0 fully saturated rings. The number of non-ortho nitro benzene ring substituents is 1. The van der Waals surface area contributed by atoms with E-state index in [0.717, 1.165) is 6.26 Å². The molecule has 1 aromatic carbocycles. The van der Waals surface area contributed by atoms with Crippen LogP contribution in [0.5, 0.6) is 0 Å². The first kappa shape index (κ1) is 18.5. The minimum absolute atomic E-state index is 0.0506. The van der Waals surface area contributed by atoms with Crippen LogP contribution >= 0.6 is 0 Å². The van der Waals surface area contributed by atoms with E-state index in [1.807, 2.05) is 0 Å². The highest BCUT2D eigenvalue weighted by Gasteiger charge is 2.14.